The second-order valence-corrected chi connectivity index (χ2v) is 6.08. The van der Waals surface area contributed by atoms with Crippen molar-refractivity contribution in [3.8, 4) is 5.69 Å². The van der Waals surface area contributed by atoms with Crippen LogP contribution in [0.5, 0.6) is 0 Å². The van der Waals surface area contributed by atoms with E-state index in [1.54, 1.807) is 0 Å². The van der Waals surface area contributed by atoms with Gasteiger partial charge in [-0.25, -0.2) is 9.48 Å². The number of carboxylic acids is 1. The molecule has 0 unspecified atom stereocenters. The number of aromatic nitrogens is 2. The van der Waals surface area contributed by atoms with Crippen LogP contribution in [-0.2, 0) is 6.42 Å². The summed E-state index contributed by atoms with van der Waals surface area (Å²) >= 11 is 6.29. The maximum Gasteiger partial charge on any atom is 0.340 e. The van der Waals surface area contributed by atoms with Gasteiger partial charge in [-0.1, -0.05) is 37.6 Å². The number of carboxylic acid groups (broad SMARTS) is 1. The van der Waals surface area contributed by atoms with Crippen molar-refractivity contribution >= 4 is 17.6 Å². The molecule has 0 amide bonds. The minimum atomic E-state index is -1.03. The summed E-state index contributed by atoms with van der Waals surface area (Å²) in [5, 5.41) is 14.0. The van der Waals surface area contributed by atoms with Crippen molar-refractivity contribution in [2.75, 3.05) is 0 Å². The van der Waals surface area contributed by atoms with E-state index in [0.29, 0.717) is 18.0 Å². The lowest BCUT2D eigenvalue weighted by molar-refractivity contribution is 0.0695. The number of aromatic carboxylic acids is 1. The maximum absolute atomic E-state index is 11.5. The molecule has 0 aliphatic heterocycles. The van der Waals surface area contributed by atoms with Crippen molar-refractivity contribution in [3.63, 3.8) is 0 Å². The number of carbonyl (C=O) groups is 1. The van der Waals surface area contributed by atoms with Crippen molar-refractivity contribution < 1.29 is 9.90 Å². The van der Waals surface area contributed by atoms with Gasteiger partial charge < -0.3 is 5.11 Å². The normalized spacial score (nSPS) is 11.1. The maximum atomic E-state index is 11.5. The standard InChI is InChI=1S/C16H19ClN2O2/c1-9(2)7-12-14(16(20)21)15(17)19(18-12)13-8-10(3)5-6-11(13)4/h5-6,8-9H,7H2,1-4H3,(H,20,21). The summed E-state index contributed by atoms with van der Waals surface area (Å²) < 4.78 is 1.53. The van der Waals surface area contributed by atoms with Gasteiger partial charge >= 0.3 is 5.97 Å². The van der Waals surface area contributed by atoms with E-state index in [1.165, 1.54) is 4.68 Å². The zero-order chi connectivity index (χ0) is 15.7. The minimum Gasteiger partial charge on any atom is -0.478 e. The Labute approximate surface area is 129 Å². The van der Waals surface area contributed by atoms with Crippen LogP contribution in [0.15, 0.2) is 18.2 Å². The zero-order valence-corrected chi connectivity index (χ0v) is 13.4. The average Bonchev–Trinajstić information content (AvgIpc) is 2.68. The fourth-order valence-electron chi connectivity index (χ4n) is 2.29. The molecule has 0 bridgehead atoms. The molecule has 21 heavy (non-hydrogen) atoms. The Kier molecular flexibility index (Phi) is 4.37. The second-order valence-electron chi connectivity index (χ2n) is 5.72. The van der Waals surface area contributed by atoms with Gasteiger partial charge in [0.25, 0.3) is 0 Å². The Morgan fingerprint density at radius 1 is 1.38 bits per heavy atom. The highest BCUT2D eigenvalue weighted by Crippen LogP contribution is 2.27. The lowest BCUT2D eigenvalue weighted by Gasteiger charge is -2.08. The van der Waals surface area contributed by atoms with Crippen LogP contribution in [0.1, 0.15) is 41.0 Å². The van der Waals surface area contributed by atoms with Crippen LogP contribution in [-0.4, -0.2) is 20.9 Å². The quantitative estimate of drug-likeness (QED) is 0.927. The first kappa shape index (κ1) is 15.6. The second kappa shape index (κ2) is 5.90. The van der Waals surface area contributed by atoms with Crippen LogP contribution < -0.4 is 0 Å². The minimum absolute atomic E-state index is 0.103. The molecule has 0 fully saturated rings. The number of benzene rings is 1. The van der Waals surface area contributed by atoms with E-state index in [-0.39, 0.29) is 10.7 Å². The van der Waals surface area contributed by atoms with Crippen molar-refractivity contribution in [1.82, 2.24) is 9.78 Å². The first-order chi connectivity index (χ1) is 9.81. The van der Waals surface area contributed by atoms with E-state index in [4.69, 9.17) is 11.6 Å². The molecule has 2 rings (SSSR count). The Hall–Kier alpha value is -1.81. The van der Waals surface area contributed by atoms with Crippen LogP contribution in [0.3, 0.4) is 0 Å². The Morgan fingerprint density at radius 2 is 2.05 bits per heavy atom. The molecule has 0 radical (unpaired) electrons. The Balaban J connectivity index is 2.65. The molecule has 1 aromatic heterocycles. The molecular weight excluding hydrogens is 288 g/mol. The topological polar surface area (TPSA) is 55.1 Å². The molecule has 2 aromatic rings. The lowest BCUT2D eigenvalue weighted by atomic mass is 10.1. The number of hydrogen-bond donors (Lipinski definition) is 1. The van der Waals surface area contributed by atoms with Crippen molar-refractivity contribution in [3.05, 3.63) is 45.7 Å². The first-order valence-corrected chi connectivity index (χ1v) is 7.27. The number of aryl methyl sites for hydroxylation is 2. The SMILES string of the molecule is Cc1ccc(C)c(-n2nc(CC(C)C)c(C(=O)O)c2Cl)c1. The van der Waals surface area contributed by atoms with E-state index in [2.05, 4.69) is 5.10 Å². The van der Waals surface area contributed by atoms with Crippen molar-refractivity contribution in [2.45, 2.75) is 34.1 Å². The molecule has 5 heteroatoms. The first-order valence-electron chi connectivity index (χ1n) is 6.89. The van der Waals surface area contributed by atoms with Gasteiger partial charge in [0.2, 0.25) is 0 Å². The molecule has 0 aliphatic carbocycles. The highest BCUT2D eigenvalue weighted by atomic mass is 35.5. The number of halogens is 1. The van der Waals surface area contributed by atoms with Crippen LogP contribution in [0.25, 0.3) is 5.69 Å². The smallest absolute Gasteiger partial charge is 0.340 e. The van der Waals surface area contributed by atoms with Gasteiger partial charge in [-0.3, -0.25) is 0 Å². The van der Waals surface area contributed by atoms with Gasteiger partial charge in [0.15, 0.2) is 0 Å². The highest BCUT2D eigenvalue weighted by molar-refractivity contribution is 6.33. The molecule has 1 aromatic carbocycles. The van der Waals surface area contributed by atoms with E-state index in [1.807, 2.05) is 45.9 Å². The van der Waals surface area contributed by atoms with Crippen molar-refractivity contribution in [2.24, 2.45) is 5.92 Å². The summed E-state index contributed by atoms with van der Waals surface area (Å²) in [6.45, 7) is 7.98. The summed E-state index contributed by atoms with van der Waals surface area (Å²) in [4.78, 5) is 11.5. The van der Waals surface area contributed by atoms with Crippen LogP contribution in [0.4, 0.5) is 0 Å². The predicted octanol–water partition coefficient (Wildman–Crippen LogP) is 4.04. The van der Waals surface area contributed by atoms with E-state index in [0.717, 1.165) is 16.8 Å². The third-order valence-electron chi connectivity index (χ3n) is 3.31. The molecule has 1 N–H and O–H groups in total. The molecule has 0 atom stereocenters. The molecular formula is C16H19ClN2O2. The zero-order valence-electron chi connectivity index (χ0n) is 12.6. The number of rotatable bonds is 4. The summed E-state index contributed by atoms with van der Waals surface area (Å²) in [5.41, 5.74) is 3.52. The fourth-order valence-corrected chi connectivity index (χ4v) is 2.61. The highest BCUT2D eigenvalue weighted by Gasteiger charge is 2.24. The predicted molar refractivity (Wildman–Crippen MR) is 83.5 cm³/mol. The molecule has 4 nitrogen and oxygen atoms in total. The molecule has 0 saturated heterocycles. The summed E-state index contributed by atoms with van der Waals surface area (Å²) in [6.07, 6.45) is 0.583. The van der Waals surface area contributed by atoms with Gasteiger partial charge in [0.05, 0.1) is 11.4 Å². The van der Waals surface area contributed by atoms with E-state index in [9.17, 15) is 9.90 Å². The molecule has 0 saturated carbocycles. The number of nitrogens with zero attached hydrogens (tertiary/aromatic N) is 2. The van der Waals surface area contributed by atoms with Crippen molar-refractivity contribution in [1.29, 1.82) is 0 Å². The monoisotopic (exact) mass is 306 g/mol. The van der Waals surface area contributed by atoms with Gasteiger partial charge in [0.1, 0.15) is 10.7 Å². The molecule has 0 aliphatic rings. The van der Waals surface area contributed by atoms with E-state index >= 15 is 0 Å². The van der Waals surface area contributed by atoms with Gasteiger partial charge in [-0.2, -0.15) is 5.10 Å². The molecule has 0 spiro atoms. The third kappa shape index (κ3) is 3.10. The summed E-state index contributed by atoms with van der Waals surface area (Å²) in [5.74, 6) is -0.728. The summed E-state index contributed by atoms with van der Waals surface area (Å²) in [6, 6.07) is 5.94. The van der Waals surface area contributed by atoms with Crippen LogP contribution in [0, 0.1) is 19.8 Å². The van der Waals surface area contributed by atoms with Gasteiger partial charge in [-0.15, -0.1) is 0 Å². The third-order valence-corrected chi connectivity index (χ3v) is 3.66. The van der Waals surface area contributed by atoms with Gasteiger partial charge in [0, 0.05) is 0 Å². The van der Waals surface area contributed by atoms with Crippen LogP contribution >= 0.6 is 11.6 Å². The van der Waals surface area contributed by atoms with E-state index < -0.39 is 5.97 Å². The fraction of sp³-hybridized carbons (Fsp3) is 0.375. The van der Waals surface area contributed by atoms with Crippen LogP contribution in [0.2, 0.25) is 5.15 Å². The largest absolute Gasteiger partial charge is 0.478 e. The molecule has 1 heterocycles. The number of hydrogen-bond acceptors (Lipinski definition) is 2. The Morgan fingerprint density at radius 3 is 2.62 bits per heavy atom. The van der Waals surface area contributed by atoms with Gasteiger partial charge in [-0.05, 0) is 43.4 Å². The lowest BCUT2D eigenvalue weighted by Crippen LogP contribution is -2.03. The molecule has 112 valence electrons. The average molecular weight is 307 g/mol. The Bertz CT molecular complexity index is 690. The summed E-state index contributed by atoms with van der Waals surface area (Å²) in [7, 11) is 0.